The van der Waals surface area contributed by atoms with E-state index in [1.165, 1.54) is 0 Å². The number of carbonyl (C=O) groups is 1. The number of benzene rings is 1. The minimum absolute atomic E-state index is 0.0458. The summed E-state index contributed by atoms with van der Waals surface area (Å²) in [7, 11) is 0. The fourth-order valence-electron chi connectivity index (χ4n) is 4.21. The highest BCUT2D eigenvalue weighted by Crippen LogP contribution is 2.29. The Bertz CT molecular complexity index is 1310. The molecule has 0 saturated heterocycles. The van der Waals surface area contributed by atoms with Crippen molar-refractivity contribution in [1.82, 2.24) is 24.3 Å². The van der Waals surface area contributed by atoms with Gasteiger partial charge in [-0.1, -0.05) is 19.1 Å². The Kier molecular flexibility index (Phi) is 6.12. The van der Waals surface area contributed by atoms with Gasteiger partial charge in [0.05, 0.1) is 17.9 Å². The van der Waals surface area contributed by atoms with Gasteiger partial charge in [-0.2, -0.15) is 5.10 Å². The molecule has 4 aromatic rings. The predicted molar refractivity (Wildman–Crippen MR) is 131 cm³/mol. The third kappa shape index (κ3) is 4.57. The lowest BCUT2D eigenvalue weighted by Crippen LogP contribution is -2.19. The van der Waals surface area contributed by atoms with E-state index in [1.807, 2.05) is 60.5 Å². The van der Waals surface area contributed by atoms with E-state index in [4.69, 9.17) is 4.74 Å². The zero-order valence-corrected chi connectivity index (χ0v) is 19.4. The molecule has 1 N–H and O–H groups in total. The lowest BCUT2D eigenvalue weighted by molar-refractivity contribution is 0.101. The van der Waals surface area contributed by atoms with Gasteiger partial charge in [-0.3, -0.25) is 9.48 Å². The van der Waals surface area contributed by atoms with Crippen LogP contribution in [0.2, 0.25) is 0 Å². The van der Waals surface area contributed by atoms with Crippen LogP contribution in [0.5, 0.6) is 5.75 Å². The summed E-state index contributed by atoms with van der Waals surface area (Å²) in [5.74, 6) is 1.55. The Hall–Kier alpha value is -3.94. The van der Waals surface area contributed by atoms with Crippen molar-refractivity contribution < 1.29 is 9.53 Å². The van der Waals surface area contributed by atoms with Crippen LogP contribution in [-0.4, -0.2) is 36.3 Å². The topological polar surface area (TPSA) is 86.9 Å². The summed E-state index contributed by atoms with van der Waals surface area (Å²) in [4.78, 5) is 22.5. The van der Waals surface area contributed by atoms with Gasteiger partial charge in [-0.15, -0.1) is 0 Å². The molecule has 8 heteroatoms. The number of ether oxygens (including phenoxy) is 1. The number of nitrogens with one attached hydrogen (secondary N) is 1. The summed E-state index contributed by atoms with van der Waals surface area (Å²) in [6.07, 6.45) is 10.3. The molecule has 174 valence electrons. The van der Waals surface area contributed by atoms with Crippen LogP contribution in [0.15, 0.2) is 61.2 Å². The number of rotatable bonds is 3. The first-order valence-corrected chi connectivity index (χ1v) is 11.7. The molecule has 1 aliphatic heterocycles. The Morgan fingerprint density at radius 3 is 3.00 bits per heavy atom. The third-order valence-electron chi connectivity index (χ3n) is 5.92. The number of amides is 1. The van der Waals surface area contributed by atoms with Crippen LogP contribution >= 0.6 is 0 Å². The summed E-state index contributed by atoms with van der Waals surface area (Å²) in [6, 6.07) is 11.3. The van der Waals surface area contributed by atoms with E-state index in [0.29, 0.717) is 17.1 Å². The number of aryl methyl sites for hydroxylation is 2. The van der Waals surface area contributed by atoms with E-state index in [0.717, 1.165) is 55.0 Å². The lowest BCUT2D eigenvalue weighted by atomic mass is 10.0. The van der Waals surface area contributed by atoms with Gasteiger partial charge < -0.3 is 14.6 Å². The average molecular weight is 457 g/mol. The maximum atomic E-state index is 13.4. The van der Waals surface area contributed by atoms with Crippen molar-refractivity contribution >= 4 is 11.7 Å². The summed E-state index contributed by atoms with van der Waals surface area (Å²) < 4.78 is 10.2. The van der Waals surface area contributed by atoms with Crippen LogP contribution < -0.4 is 10.1 Å². The number of pyridine rings is 1. The average Bonchev–Trinajstić information content (AvgIpc) is 3.49. The molecule has 3 aromatic heterocycles. The highest BCUT2D eigenvalue weighted by Gasteiger charge is 2.19. The van der Waals surface area contributed by atoms with Gasteiger partial charge in [0, 0.05) is 37.2 Å². The maximum absolute atomic E-state index is 13.4. The number of imidazole rings is 1. The van der Waals surface area contributed by atoms with Crippen LogP contribution in [0.1, 0.15) is 43.5 Å². The van der Waals surface area contributed by atoms with E-state index in [9.17, 15) is 4.79 Å². The van der Waals surface area contributed by atoms with E-state index in [-0.39, 0.29) is 12.0 Å². The van der Waals surface area contributed by atoms with Gasteiger partial charge in [0.2, 0.25) is 0 Å². The van der Waals surface area contributed by atoms with E-state index < -0.39 is 0 Å². The van der Waals surface area contributed by atoms with Gasteiger partial charge in [0.25, 0.3) is 5.91 Å². The largest absolute Gasteiger partial charge is 0.490 e. The molecule has 34 heavy (non-hydrogen) atoms. The van der Waals surface area contributed by atoms with Crippen molar-refractivity contribution in [2.24, 2.45) is 0 Å². The quantitative estimate of drug-likeness (QED) is 0.467. The number of aromatic nitrogens is 5. The van der Waals surface area contributed by atoms with Crippen LogP contribution in [0.4, 0.5) is 5.82 Å². The molecule has 0 aliphatic carbocycles. The lowest BCUT2D eigenvalue weighted by Gasteiger charge is -2.19. The van der Waals surface area contributed by atoms with Crippen molar-refractivity contribution in [2.75, 3.05) is 5.32 Å². The normalized spacial score (nSPS) is 16.1. The molecule has 5 rings (SSSR count). The first-order valence-electron chi connectivity index (χ1n) is 11.7. The molecule has 1 amide bonds. The zero-order chi connectivity index (χ0) is 23.5. The first kappa shape index (κ1) is 21.9. The Morgan fingerprint density at radius 1 is 1.21 bits per heavy atom. The fraction of sp³-hybridized carbons (Fsp3) is 0.308. The molecule has 0 unspecified atom stereocenters. The second kappa shape index (κ2) is 9.51. The Labute approximate surface area is 198 Å². The predicted octanol–water partition coefficient (Wildman–Crippen LogP) is 5.03. The molecule has 0 saturated carbocycles. The number of carbonyl (C=O) groups excluding carboxylic acids is 1. The SMILES string of the molecule is CCCn1cc(-c2ccc3c(c2)C(=O)Nc2cccc(n2)-c2nccn2CCC[C@H](C)O3)cn1. The van der Waals surface area contributed by atoms with Crippen LogP contribution in [-0.2, 0) is 13.1 Å². The molecule has 1 aromatic carbocycles. The highest BCUT2D eigenvalue weighted by molar-refractivity contribution is 6.06. The minimum atomic E-state index is -0.268. The Balaban J connectivity index is 1.53. The van der Waals surface area contributed by atoms with Crippen molar-refractivity contribution in [3.8, 4) is 28.4 Å². The van der Waals surface area contributed by atoms with E-state index in [2.05, 4.69) is 31.9 Å². The van der Waals surface area contributed by atoms with Crippen molar-refractivity contribution in [3.63, 3.8) is 0 Å². The van der Waals surface area contributed by atoms with Crippen LogP contribution in [0.25, 0.3) is 22.6 Å². The maximum Gasteiger partial charge on any atom is 0.260 e. The van der Waals surface area contributed by atoms with Gasteiger partial charge in [0.1, 0.15) is 17.3 Å². The first-order chi connectivity index (χ1) is 16.6. The summed E-state index contributed by atoms with van der Waals surface area (Å²) in [6.45, 7) is 5.82. The Morgan fingerprint density at radius 2 is 2.12 bits per heavy atom. The second-order valence-corrected chi connectivity index (χ2v) is 8.58. The highest BCUT2D eigenvalue weighted by atomic mass is 16.5. The van der Waals surface area contributed by atoms with E-state index in [1.54, 1.807) is 12.3 Å². The second-order valence-electron chi connectivity index (χ2n) is 8.58. The standard InChI is InChI=1S/C26H28N6O2/c1-3-12-32-17-20(16-28-32)19-9-10-23-21(15-19)26(33)30-24-8-4-7-22(29-24)25-27-11-14-31(25)13-5-6-18(2)34-23/h4,7-11,14-18H,3,5-6,12-13H2,1-2H3,(H,29,30,33)/t18-/m0/s1. The minimum Gasteiger partial charge on any atom is -0.490 e. The molecule has 8 nitrogen and oxygen atoms in total. The van der Waals surface area contributed by atoms with Gasteiger partial charge in [-0.05, 0) is 56.0 Å². The van der Waals surface area contributed by atoms with E-state index >= 15 is 0 Å². The molecule has 0 radical (unpaired) electrons. The van der Waals surface area contributed by atoms with Crippen molar-refractivity contribution in [1.29, 1.82) is 0 Å². The number of anilines is 1. The number of nitrogens with zero attached hydrogens (tertiary/aromatic N) is 5. The van der Waals surface area contributed by atoms with Gasteiger partial charge in [-0.25, -0.2) is 9.97 Å². The van der Waals surface area contributed by atoms with Gasteiger partial charge in [0.15, 0.2) is 5.82 Å². The van der Waals surface area contributed by atoms with Crippen LogP contribution in [0, 0.1) is 0 Å². The molecule has 1 aliphatic rings. The zero-order valence-electron chi connectivity index (χ0n) is 19.4. The molecule has 4 heterocycles. The monoisotopic (exact) mass is 456 g/mol. The van der Waals surface area contributed by atoms with Crippen molar-refractivity contribution in [3.05, 3.63) is 66.7 Å². The van der Waals surface area contributed by atoms with Crippen molar-refractivity contribution in [2.45, 2.75) is 52.3 Å². The van der Waals surface area contributed by atoms with Crippen LogP contribution in [0.3, 0.4) is 0 Å². The number of hydrogen-bond donors (Lipinski definition) is 1. The molecule has 0 fully saturated rings. The third-order valence-corrected chi connectivity index (χ3v) is 5.92. The molecular weight excluding hydrogens is 428 g/mol. The smallest absolute Gasteiger partial charge is 0.260 e. The molecular formula is C26H28N6O2. The molecule has 1 atom stereocenters. The summed E-state index contributed by atoms with van der Waals surface area (Å²) in [5.41, 5.74) is 3.07. The summed E-state index contributed by atoms with van der Waals surface area (Å²) >= 11 is 0. The number of hydrogen-bond acceptors (Lipinski definition) is 5. The molecule has 0 spiro atoms. The summed E-state index contributed by atoms with van der Waals surface area (Å²) in [5, 5.41) is 7.37. The van der Waals surface area contributed by atoms with Gasteiger partial charge >= 0.3 is 0 Å². The number of fused-ring (bicyclic) bond motifs is 5. The fourth-order valence-corrected chi connectivity index (χ4v) is 4.21. The molecule has 2 bridgehead atoms.